The maximum absolute atomic E-state index is 12.0. The van der Waals surface area contributed by atoms with E-state index in [-0.39, 0.29) is 11.9 Å². The summed E-state index contributed by atoms with van der Waals surface area (Å²) >= 11 is 0. The fourth-order valence-corrected chi connectivity index (χ4v) is 3.89. The van der Waals surface area contributed by atoms with Crippen LogP contribution in [0.5, 0.6) is 0 Å². The van der Waals surface area contributed by atoms with Gasteiger partial charge in [0.25, 0.3) is 0 Å². The van der Waals surface area contributed by atoms with E-state index in [1.807, 2.05) is 22.7 Å². The van der Waals surface area contributed by atoms with E-state index in [0.717, 1.165) is 42.7 Å². The van der Waals surface area contributed by atoms with Gasteiger partial charge in [-0.25, -0.2) is 0 Å². The summed E-state index contributed by atoms with van der Waals surface area (Å²) in [5.74, 6) is 1.62. The van der Waals surface area contributed by atoms with Gasteiger partial charge in [-0.2, -0.15) is 20.2 Å². The van der Waals surface area contributed by atoms with Gasteiger partial charge in [-0.15, -0.1) is 0 Å². The highest BCUT2D eigenvalue weighted by Gasteiger charge is 2.24. The van der Waals surface area contributed by atoms with E-state index in [4.69, 9.17) is 4.98 Å². The lowest BCUT2D eigenvalue weighted by Crippen LogP contribution is -2.44. The number of rotatable bonds is 7. The molecule has 1 saturated heterocycles. The zero-order valence-electron chi connectivity index (χ0n) is 18.2. The summed E-state index contributed by atoms with van der Waals surface area (Å²) in [6, 6.07) is 0.0895. The van der Waals surface area contributed by atoms with Crippen LogP contribution in [0.25, 0.3) is 11.0 Å². The Bertz CT molecular complexity index is 1080. The second-order valence-corrected chi connectivity index (χ2v) is 8.37. The van der Waals surface area contributed by atoms with Gasteiger partial charge in [0.05, 0.1) is 23.0 Å². The maximum atomic E-state index is 12.0. The second kappa shape index (κ2) is 8.75. The largest absolute Gasteiger partial charge is 0.365 e. The van der Waals surface area contributed by atoms with E-state index in [2.05, 4.69) is 51.3 Å². The van der Waals surface area contributed by atoms with Crippen LogP contribution in [0.1, 0.15) is 32.4 Å². The average Bonchev–Trinajstić information content (AvgIpc) is 3.33. The lowest BCUT2D eigenvalue weighted by atomic mass is 10.1. The van der Waals surface area contributed by atoms with Gasteiger partial charge in [-0.1, -0.05) is 20.4 Å². The van der Waals surface area contributed by atoms with Gasteiger partial charge in [0.1, 0.15) is 5.82 Å². The maximum Gasteiger partial charge on any atom is 0.246 e. The second-order valence-electron chi connectivity index (χ2n) is 8.37. The van der Waals surface area contributed by atoms with Crippen molar-refractivity contribution in [3.8, 4) is 0 Å². The lowest BCUT2D eigenvalue weighted by molar-refractivity contribution is -0.127. The molecular weight excluding hydrogens is 394 g/mol. The Hall–Kier alpha value is -3.43. The number of aromatic nitrogens is 6. The van der Waals surface area contributed by atoms with Gasteiger partial charge in [0.15, 0.2) is 5.65 Å². The van der Waals surface area contributed by atoms with E-state index in [1.54, 1.807) is 6.20 Å². The Labute approximate surface area is 181 Å². The summed E-state index contributed by atoms with van der Waals surface area (Å²) in [6.45, 7) is 12.0. The minimum absolute atomic E-state index is 0.0420. The lowest BCUT2D eigenvalue weighted by Gasteiger charge is -2.33. The van der Waals surface area contributed by atoms with Crippen LogP contribution < -0.4 is 10.6 Å². The van der Waals surface area contributed by atoms with Crippen LogP contribution in [0.3, 0.4) is 0 Å². The molecule has 1 atom stereocenters. The van der Waals surface area contributed by atoms with Gasteiger partial charge in [0, 0.05) is 31.9 Å². The van der Waals surface area contributed by atoms with E-state index >= 15 is 0 Å². The highest BCUT2D eigenvalue weighted by Crippen LogP contribution is 2.27. The third-order valence-electron chi connectivity index (χ3n) is 5.29. The number of piperidine rings is 1. The molecule has 10 heteroatoms. The topological polar surface area (TPSA) is 117 Å². The number of nitrogens with zero attached hydrogens (tertiary/aromatic N) is 6. The third kappa shape index (κ3) is 4.68. The number of nitrogens with one attached hydrogen (secondary N) is 3. The van der Waals surface area contributed by atoms with Gasteiger partial charge < -0.3 is 15.5 Å². The Morgan fingerprint density at radius 3 is 3.03 bits per heavy atom. The highest BCUT2D eigenvalue weighted by molar-refractivity contribution is 5.90. The van der Waals surface area contributed by atoms with Crippen molar-refractivity contribution in [2.45, 2.75) is 46.2 Å². The van der Waals surface area contributed by atoms with E-state index < -0.39 is 0 Å². The molecule has 1 amide bonds. The molecule has 0 aromatic carbocycles. The standard InChI is InChI=1S/C21H29N9O/c1-5-17(31)29-8-6-7-15(11-29)23-19-18-14(4)27-28-20(18)26-21(25-19)24-16-9-22-30(12-16)10-13(2)3/h5,9,12-13,15H,1,6-8,10-11H2,2-4H3,(H3,23,24,25,26,27,28). The molecule has 0 bridgehead atoms. The van der Waals surface area contributed by atoms with Crippen molar-refractivity contribution >= 4 is 34.4 Å². The van der Waals surface area contributed by atoms with Gasteiger partial charge >= 0.3 is 0 Å². The van der Waals surface area contributed by atoms with Crippen LogP contribution in [0.2, 0.25) is 0 Å². The van der Waals surface area contributed by atoms with Gasteiger partial charge in [0.2, 0.25) is 11.9 Å². The average molecular weight is 424 g/mol. The van der Waals surface area contributed by atoms with Crippen molar-refractivity contribution in [3.63, 3.8) is 0 Å². The summed E-state index contributed by atoms with van der Waals surface area (Å²) < 4.78 is 1.90. The molecule has 164 valence electrons. The molecule has 4 rings (SSSR count). The van der Waals surface area contributed by atoms with Gasteiger partial charge in [-0.3, -0.25) is 14.6 Å². The van der Waals surface area contributed by atoms with Crippen molar-refractivity contribution < 1.29 is 4.79 Å². The summed E-state index contributed by atoms with van der Waals surface area (Å²) in [6.07, 6.45) is 6.96. The summed E-state index contributed by atoms with van der Waals surface area (Å²) in [7, 11) is 0. The first-order valence-corrected chi connectivity index (χ1v) is 10.6. The normalized spacial score (nSPS) is 16.6. The minimum atomic E-state index is -0.0420. The zero-order valence-corrected chi connectivity index (χ0v) is 18.2. The van der Waals surface area contributed by atoms with E-state index in [0.29, 0.717) is 29.9 Å². The Balaban J connectivity index is 1.57. The molecule has 0 aliphatic carbocycles. The molecule has 1 aliphatic heterocycles. The first kappa shape index (κ1) is 20.8. The Morgan fingerprint density at radius 1 is 1.42 bits per heavy atom. The predicted molar refractivity (Wildman–Crippen MR) is 120 cm³/mol. The van der Waals surface area contributed by atoms with Crippen molar-refractivity contribution in [1.29, 1.82) is 0 Å². The number of H-pyrrole nitrogens is 1. The first-order chi connectivity index (χ1) is 14.9. The summed E-state index contributed by atoms with van der Waals surface area (Å²) in [4.78, 5) is 23.2. The number of amides is 1. The quantitative estimate of drug-likeness (QED) is 0.500. The number of aromatic amines is 1. The first-order valence-electron chi connectivity index (χ1n) is 10.6. The molecule has 1 unspecified atom stereocenters. The number of likely N-dealkylation sites (tertiary alicyclic amines) is 1. The number of anilines is 3. The molecule has 1 fully saturated rings. The summed E-state index contributed by atoms with van der Waals surface area (Å²) in [5, 5.41) is 19.3. The van der Waals surface area contributed by atoms with Crippen molar-refractivity contribution in [2.24, 2.45) is 5.92 Å². The van der Waals surface area contributed by atoms with E-state index in [1.165, 1.54) is 6.08 Å². The number of aryl methyl sites for hydroxylation is 1. The molecule has 1 aliphatic rings. The summed E-state index contributed by atoms with van der Waals surface area (Å²) in [5.41, 5.74) is 2.30. The fourth-order valence-electron chi connectivity index (χ4n) is 3.89. The Kier molecular flexibility index (Phi) is 5.88. The van der Waals surface area contributed by atoms with Crippen LogP contribution in [0.4, 0.5) is 17.5 Å². The molecule has 3 aromatic rings. The molecule has 0 radical (unpaired) electrons. The van der Waals surface area contributed by atoms with Crippen molar-refractivity contribution in [2.75, 3.05) is 23.7 Å². The zero-order chi connectivity index (χ0) is 22.0. The smallest absolute Gasteiger partial charge is 0.246 e. The fraction of sp³-hybridized carbons (Fsp3) is 0.476. The van der Waals surface area contributed by atoms with Gasteiger partial charge in [-0.05, 0) is 31.8 Å². The molecule has 0 saturated carbocycles. The minimum Gasteiger partial charge on any atom is -0.365 e. The number of hydrogen-bond acceptors (Lipinski definition) is 7. The van der Waals surface area contributed by atoms with Crippen molar-refractivity contribution in [1.82, 2.24) is 34.8 Å². The molecule has 0 spiro atoms. The molecule has 31 heavy (non-hydrogen) atoms. The number of fused-ring (bicyclic) bond motifs is 1. The van der Waals surface area contributed by atoms with E-state index in [9.17, 15) is 4.79 Å². The van der Waals surface area contributed by atoms with Crippen LogP contribution in [0.15, 0.2) is 25.0 Å². The van der Waals surface area contributed by atoms with Crippen LogP contribution in [-0.4, -0.2) is 59.9 Å². The van der Waals surface area contributed by atoms with Crippen LogP contribution >= 0.6 is 0 Å². The Morgan fingerprint density at radius 2 is 2.26 bits per heavy atom. The van der Waals surface area contributed by atoms with Crippen molar-refractivity contribution in [3.05, 3.63) is 30.7 Å². The predicted octanol–water partition coefficient (Wildman–Crippen LogP) is 2.85. The number of hydrogen-bond donors (Lipinski definition) is 3. The van der Waals surface area contributed by atoms with Crippen LogP contribution in [0, 0.1) is 12.8 Å². The molecular formula is C21H29N9O. The number of carbonyl (C=O) groups is 1. The molecule has 10 nitrogen and oxygen atoms in total. The molecule has 3 aromatic heterocycles. The third-order valence-corrected chi connectivity index (χ3v) is 5.29. The highest BCUT2D eigenvalue weighted by atomic mass is 16.2. The monoisotopic (exact) mass is 423 g/mol. The SMILES string of the molecule is C=CC(=O)N1CCCC(Nc2nc(Nc3cnn(CC(C)C)c3)nc3[nH]nc(C)c23)C1. The number of carbonyl (C=O) groups excluding carboxylic acids is 1. The molecule has 3 N–H and O–H groups in total. The van der Waals surface area contributed by atoms with Crippen LogP contribution in [-0.2, 0) is 11.3 Å². The molecule has 4 heterocycles.